The van der Waals surface area contributed by atoms with E-state index >= 15 is 0 Å². The molecule has 1 aliphatic heterocycles. The van der Waals surface area contributed by atoms with Crippen molar-refractivity contribution in [2.24, 2.45) is 0 Å². The van der Waals surface area contributed by atoms with Crippen LogP contribution in [-0.2, 0) is 0 Å². The summed E-state index contributed by atoms with van der Waals surface area (Å²) in [6.07, 6.45) is 3.65. The molecule has 6 nitrogen and oxygen atoms in total. The van der Waals surface area contributed by atoms with Gasteiger partial charge < -0.3 is 15.3 Å². The van der Waals surface area contributed by atoms with Gasteiger partial charge in [0.1, 0.15) is 5.75 Å². The Labute approximate surface area is 139 Å². The van der Waals surface area contributed by atoms with E-state index in [2.05, 4.69) is 15.3 Å². The first-order chi connectivity index (χ1) is 11.0. The average Bonchev–Trinajstić information content (AvgIpc) is 3.05. The minimum Gasteiger partial charge on any atom is -0.508 e. The number of hydrogen-bond donors (Lipinski definition) is 2. The van der Waals surface area contributed by atoms with E-state index in [0.29, 0.717) is 11.6 Å². The molecule has 0 aliphatic carbocycles. The fraction of sp³-hybridized carbons (Fsp3) is 0.312. The Hall–Kier alpha value is -2.34. The number of halogens is 1. The van der Waals surface area contributed by atoms with Crippen molar-refractivity contribution >= 4 is 29.1 Å². The fourth-order valence-corrected chi connectivity index (χ4v) is 2.73. The number of aryl methyl sites for hydroxylation is 1. The fourth-order valence-electron chi connectivity index (χ4n) is 2.56. The van der Waals surface area contributed by atoms with Gasteiger partial charge in [-0.05, 0) is 43.5 Å². The number of carbonyl (C=O) groups excluding carboxylic acids is 1. The second-order valence-corrected chi connectivity index (χ2v) is 5.92. The first kappa shape index (κ1) is 15.6. The molecule has 0 bridgehead atoms. The summed E-state index contributed by atoms with van der Waals surface area (Å²) in [5.74, 6) is 0.281. The molecule has 0 spiro atoms. The van der Waals surface area contributed by atoms with Gasteiger partial charge in [0, 0.05) is 18.8 Å². The maximum atomic E-state index is 12.5. The Morgan fingerprint density at radius 2 is 2.09 bits per heavy atom. The number of phenolic OH excluding ortho intramolecular Hbond substituents is 1. The Morgan fingerprint density at radius 1 is 1.35 bits per heavy atom. The van der Waals surface area contributed by atoms with Gasteiger partial charge >= 0.3 is 0 Å². The van der Waals surface area contributed by atoms with Crippen LogP contribution in [0.25, 0.3) is 0 Å². The first-order valence-corrected chi connectivity index (χ1v) is 7.81. The van der Waals surface area contributed by atoms with E-state index in [1.165, 1.54) is 12.3 Å². The minimum atomic E-state index is -0.397. The molecular formula is C16H17ClN4O2. The number of aromatic hydroxyl groups is 1. The van der Waals surface area contributed by atoms with Crippen molar-refractivity contribution in [3.05, 3.63) is 40.7 Å². The Bertz CT molecular complexity index is 745. The lowest BCUT2D eigenvalue weighted by atomic mass is 10.2. The molecule has 120 valence electrons. The van der Waals surface area contributed by atoms with Crippen LogP contribution in [0.1, 0.15) is 28.9 Å². The lowest BCUT2D eigenvalue weighted by Gasteiger charge is -2.16. The van der Waals surface area contributed by atoms with Crippen molar-refractivity contribution < 1.29 is 9.90 Å². The monoisotopic (exact) mass is 332 g/mol. The van der Waals surface area contributed by atoms with E-state index in [-0.39, 0.29) is 16.5 Å². The quantitative estimate of drug-likeness (QED) is 0.845. The van der Waals surface area contributed by atoms with Crippen LogP contribution in [-0.4, -0.2) is 34.1 Å². The van der Waals surface area contributed by atoms with Gasteiger partial charge in [-0.3, -0.25) is 4.79 Å². The third-order valence-corrected chi connectivity index (χ3v) is 4.07. The van der Waals surface area contributed by atoms with Gasteiger partial charge in [-0.25, -0.2) is 9.97 Å². The van der Waals surface area contributed by atoms with E-state index in [0.717, 1.165) is 31.5 Å². The number of nitrogens with zero attached hydrogens (tertiary/aromatic N) is 3. The second-order valence-electron chi connectivity index (χ2n) is 5.51. The number of rotatable bonds is 3. The molecule has 1 aliphatic rings. The van der Waals surface area contributed by atoms with Gasteiger partial charge in [0.25, 0.3) is 5.91 Å². The maximum absolute atomic E-state index is 12.5. The van der Waals surface area contributed by atoms with Crippen LogP contribution < -0.4 is 10.2 Å². The topological polar surface area (TPSA) is 78.3 Å². The Kier molecular flexibility index (Phi) is 4.34. The molecule has 2 aromatic rings. The number of nitrogens with one attached hydrogen (secondary N) is 1. The zero-order valence-corrected chi connectivity index (χ0v) is 13.5. The molecule has 1 amide bonds. The standard InChI is InChI=1S/C16H17ClN4O2/c1-10-8-11(22)4-5-13(10)19-15(23)14-12(17)9-18-16(20-14)21-6-2-3-7-21/h4-5,8-9,22H,2-3,6-7H2,1H3,(H,19,23). The number of carbonyl (C=O) groups is 1. The molecule has 0 unspecified atom stereocenters. The van der Waals surface area contributed by atoms with E-state index in [1.54, 1.807) is 19.1 Å². The van der Waals surface area contributed by atoms with Crippen LogP contribution in [0.4, 0.5) is 11.6 Å². The van der Waals surface area contributed by atoms with Crippen LogP contribution in [0.3, 0.4) is 0 Å². The third-order valence-electron chi connectivity index (χ3n) is 3.79. The molecule has 1 aromatic heterocycles. The molecule has 0 atom stereocenters. The summed E-state index contributed by atoms with van der Waals surface area (Å²) in [7, 11) is 0. The molecule has 1 aromatic carbocycles. The molecule has 1 fully saturated rings. The minimum absolute atomic E-state index is 0.149. The molecular weight excluding hydrogens is 316 g/mol. The summed E-state index contributed by atoms with van der Waals surface area (Å²) in [6, 6.07) is 4.73. The van der Waals surface area contributed by atoms with E-state index < -0.39 is 5.91 Å². The normalized spacial score (nSPS) is 14.1. The van der Waals surface area contributed by atoms with Gasteiger partial charge in [0.2, 0.25) is 5.95 Å². The lowest BCUT2D eigenvalue weighted by Crippen LogP contribution is -2.23. The molecule has 2 heterocycles. The van der Waals surface area contributed by atoms with Gasteiger partial charge in [-0.1, -0.05) is 11.6 Å². The van der Waals surface area contributed by atoms with Crippen molar-refractivity contribution in [3.63, 3.8) is 0 Å². The molecule has 0 saturated carbocycles. The van der Waals surface area contributed by atoms with Crippen LogP contribution in [0.15, 0.2) is 24.4 Å². The maximum Gasteiger partial charge on any atom is 0.276 e. The molecule has 2 N–H and O–H groups in total. The van der Waals surface area contributed by atoms with Crippen LogP contribution >= 0.6 is 11.6 Å². The van der Waals surface area contributed by atoms with Crippen LogP contribution in [0.5, 0.6) is 5.75 Å². The third kappa shape index (κ3) is 3.37. The summed E-state index contributed by atoms with van der Waals surface area (Å²) in [6.45, 7) is 3.58. The number of phenols is 1. The molecule has 23 heavy (non-hydrogen) atoms. The molecule has 1 saturated heterocycles. The lowest BCUT2D eigenvalue weighted by molar-refractivity contribution is 0.102. The zero-order chi connectivity index (χ0) is 16.4. The predicted molar refractivity (Wildman–Crippen MR) is 89.3 cm³/mol. The summed E-state index contributed by atoms with van der Waals surface area (Å²) < 4.78 is 0. The first-order valence-electron chi connectivity index (χ1n) is 7.43. The van der Waals surface area contributed by atoms with Crippen LogP contribution in [0.2, 0.25) is 5.02 Å². The van der Waals surface area contributed by atoms with E-state index in [9.17, 15) is 9.90 Å². The van der Waals surface area contributed by atoms with Crippen molar-refractivity contribution in [1.29, 1.82) is 0 Å². The second kappa shape index (κ2) is 6.42. The van der Waals surface area contributed by atoms with Gasteiger partial charge in [0.15, 0.2) is 5.69 Å². The van der Waals surface area contributed by atoms with Crippen LogP contribution in [0, 0.1) is 6.92 Å². The smallest absolute Gasteiger partial charge is 0.276 e. The summed E-state index contributed by atoms with van der Waals surface area (Å²) in [5.41, 5.74) is 1.50. The van der Waals surface area contributed by atoms with Gasteiger partial charge in [-0.2, -0.15) is 0 Å². The highest BCUT2D eigenvalue weighted by atomic mass is 35.5. The van der Waals surface area contributed by atoms with Gasteiger partial charge in [0.05, 0.1) is 11.2 Å². The number of amides is 1. The number of hydrogen-bond acceptors (Lipinski definition) is 5. The number of aromatic nitrogens is 2. The Balaban J connectivity index is 1.85. The highest BCUT2D eigenvalue weighted by Crippen LogP contribution is 2.23. The van der Waals surface area contributed by atoms with Crippen molar-refractivity contribution in [1.82, 2.24) is 9.97 Å². The molecule has 7 heteroatoms. The van der Waals surface area contributed by atoms with Gasteiger partial charge in [-0.15, -0.1) is 0 Å². The van der Waals surface area contributed by atoms with Crippen molar-refractivity contribution in [2.75, 3.05) is 23.3 Å². The number of anilines is 2. The average molecular weight is 333 g/mol. The molecule has 3 rings (SSSR count). The molecule has 0 radical (unpaired) electrons. The number of benzene rings is 1. The zero-order valence-electron chi connectivity index (χ0n) is 12.7. The summed E-state index contributed by atoms with van der Waals surface area (Å²) >= 11 is 6.08. The van der Waals surface area contributed by atoms with E-state index in [1.807, 2.05) is 4.90 Å². The summed E-state index contributed by atoms with van der Waals surface area (Å²) in [4.78, 5) is 23.0. The largest absolute Gasteiger partial charge is 0.508 e. The SMILES string of the molecule is Cc1cc(O)ccc1NC(=O)c1nc(N2CCCC2)ncc1Cl. The summed E-state index contributed by atoms with van der Waals surface area (Å²) in [5, 5.41) is 12.4. The highest BCUT2D eigenvalue weighted by molar-refractivity contribution is 6.34. The van der Waals surface area contributed by atoms with Crippen molar-refractivity contribution in [2.45, 2.75) is 19.8 Å². The van der Waals surface area contributed by atoms with E-state index in [4.69, 9.17) is 11.6 Å². The highest BCUT2D eigenvalue weighted by Gasteiger charge is 2.20. The Morgan fingerprint density at radius 3 is 2.78 bits per heavy atom. The predicted octanol–water partition coefficient (Wildman–Crippen LogP) is 3.00. The van der Waals surface area contributed by atoms with Crippen molar-refractivity contribution in [3.8, 4) is 5.75 Å².